The van der Waals surface area contributed by atoms with Gasteiger partial charge in [-0.15, -0.1) is 32.9 Å². The molecule has 0 radical (unpaired) electrons. The second-order valence-corrected chi connectivity index (χ2v) is 9.76. The van der Waals surface area contributed by atoms with Crippen molar-refractivity contribution in [1.82, 2.24) is 14.8 Å². The van der Waals surface area contributed by atoms with Crippen molar-refractivity contribution in [1.29, 1.82) is 0 Å². The molecular formula is C22H19FN4O3S3. The van der Waals surface area contributed by atoms with Crippen molar-refractivity contribution in [2.45, 2.75) is 11.6 Å². The second-order valence-electron chi connectivity index (χ2n) is 6.90. The zero-order valence-electron chi connectivity index (χ0n) is 17.7. The molecule has 11 heteroatoms. The van der Waals surface area contributed by atoms with Gasteiger partial charge in [-0.3, -0.25) is 4.79 Å². The molecule has 0 spiro atoms. The lowest BCUT2D eigenvalue weighted by molar-refractivity contribution is -0.113. The molecule has 0 fully saturated rings. The Kier molecular flexibility index (Phi) is 7.21. The van der Waals surface area contributed by atoms with Crippen LogP contribution in [0.5, 0.6) is 0 Å². The maximum absolute atomic E-state index is 13.3. The molecule has 0 aliphatic rings. The molecule has 3 aromatic heterocycles. The third kappa shape index (κ3) is 5.32. The van der Waals surface area contributed by atoms with E-state index in [9.17, 15) is 14.0 Å². The monoisotopic (exact) mass is 502 g/mol. The lowest BCUT2D eigenvalue weighted by Gasteiger charge is -2.08. The minimum absolute atomic E-state index is 0.0926. The number of esters is 1. The summed E-state index contributed by atoms with van der Waals surface area (Å²) in [5.41, 5.74) is 1.46. The summed E-state index contributed by atoms with van der Waals surface area (Å²) in [6.45, 7) is 0. The molecule has 1 aromatic carbocycles. The molecule has 0 aliphatic heterocycles. The molecule has 0 saturated carbocycles. The van der Waals surface area contributed by atoms with E-state index in [1.807, 2.05) is 29.1 Å². The number of halogens is 1. The van der Waals surface area contributed by atoms with Crippen molar-refractivity contribution < 1.29 is 18.7 Å². The molecule has 0 unspecified atom stereocenters. The molecule has 1 N–H and O–H groups in total. The Hall–Kier alpha value is -3.02. The van der Waals surface area contributed by atoms with Crippen LogP contribution < -0.4 is 5.32 Å². The summed E-state index contributed by atoms with van der Waals surface area (Å²) in [5, 5.41) is 16.0. The zero-order chi connectivity index (χ0) is 23.4. The van der Waals surface area contributed by atoms with Gasteiger partial charge in [0, 0.05) is 29.3 Å². The Bertz CT molecular complexity index is 1270. The van der Waals surface area contributed by atoms with E-state index in [1.165, 1.54) is 47.2 Å². The van der Waals surface area contributed by atoms with Crippen molar-refractivity contribution in [2.75, 3.05) is 18.2 Å². The van der Waals surface area contributed by atoms with E-state index in [4.69, 9.17) is 4.74 Å². The average Bonchev–Trinajstić information content (AvgIpc) is 3.55. The number of aromatic nitrogens is 3. The van der Waals surface area contributed by atoms with E-state index in [0.717, 1.165) is 5.82 Å². The highest BCUT2D eigenvalue weighted by atomic mass is 32.2. The molecule has 4 rings (SSSR count). The lowest BCUT2D eigenvalue weighted by Crippen LogP contribution is -2.16. The number of hydrogen-bond acceptors (Lipinski definition) is 8. The molecule has 33 heavy (non-hydrogen) atoms. The topological polar surface area (TPSA) is 86.1 Å². The standard InChI is InChI=1S/C22H19FN4O3S3/c1-27-17(10-15-4-3-9-31-15)25-26-22(27)33-12-18(28)24-20-19(21(29)30-2)16(11-32-20)13-5-7-14(23)8-6-13/h3-9,11H,10,12H2,1-2H3,(H,24,28). The number of ether oxygens (including phenoxy) is 1. The van der Waals surface area contributed by atoms with Gasteiger partial charge in [0.2, 0.25) is 5.91 Å². The number of carbonyl (C=O) groups excluding carboxylic acids is 2. The number of nitrogens with zero attached hydrogens (tertiary/aromatic N) is 3. The first kappa shape index (κ1) is 23.1. The van der Waals surface area contributed by atoms with Gasteiger partial charge in [0.25, 0.3) is 0 Å². The first-order chi connectivity index (χ1) is 16.0. The van der Waals surface area contributed by atoms with E-state index in [1.54, 1.807) is 28.8 Å². The quantitative estimate of drug-likeness (QED) is 0.274. The van der Waals surface area contributed by atoms with Crippen molar-refractivity contribution in [3.8, 4) is 11.1 Å². The molecule has 0 saturated heterocycles. The average molecular weight is 503 g/mol. The maximum atomic E-state index is 13.3. The van der Waals surface area contributed by atoms with Crippen LogP contribution in [-0.2, 0) is 23.0 Å². The summed E-state index contributed by atoms with van der Waals surface area (Å²) in [5.74, 6) is -0.336. The third-order valence-electron chi connectivity index (χ3n) is 4.76. The number of hydrogen-bond donors (Lipinski definition) is 1. The summed E-state index contributed by atoms with van der Waals surface area (Å²) in [6.07, 6.45) is 0.678. The number of carbonyl (C=O) groups is 2. The third-order valence-corrected chi connectivity index (χ3v) is 7.55. The lowest BCUT2D eigenvalue weighted by atomic mass is 10.0. The summed E-state index contributed by atoms with van der Waals surface area (Å²) in [7, 11) is 3.14. The van der Waals surface area contributed by atoms with Crippen molar-refractivity contribution in [2.24, 2.45) is 7.05 Å². The van der Waals surface area contributed by atoms with Crippen LogP contribution in [0.25, 0.3) is 11.1 Å². The molecule has 7 nitrogen and oxygen atoms in total. The van der Waals surface area contributed by atoms with Gasteiger partial charge < -0.3 is 14.6 Å². The number of amides is 1. The van der Waals surface area contributed by atoms with Crippen LogP contribution in [0.4, 0.5) is 9.39 Å². The van der Waals surface area contributed by atoms with Gasteiger partial charge in [0.05, 0.1) is 12.9 Å². The molecule has 170 valence electrons. The first-order valence-electron chi connectivity index (χ1n) is 9.75. The zero-order valence-corrected chi connectivity index (χ0v) is 20.2. The van der Waals surface area contributed by atoms with Gasteiger partial charge in [-0.2, -0.15) is 0 Å². The number of anilines is 1. The number of thiophene rings is 2. The molecule has 0 bridgehead atoms. The van der Waals surface area contributed by atoms with Gasteiger partial charge in [-0.05, 0) is 29.1 Å². The van der Waals surface area contributed by atoms with Crippen LogP contribution in [0.15, 0.2) is 52.3 Å². The highest BCUT2D eigenvalue weighted by Crippen LogP contribution is 2.36. The molecule has 3 heterocycles. The van der Waals surface area contributed by atoms with E-state index >= 15 is 0 Å². The number of rotatable bonds is 8. The van der Waals surface area contributed by atoms with Crippen molar-refractivity contribution in [3.05, 3.63) is 69.2 Å². The van der Waals surface area contributed by atoms with Crippen LogP contribution in [0.2, 0.25) is 0 Å². The van der Waals surface area contributed by atoms with Crippen molar-refractivity contribution in [3.63, 3.8) is 0 Å². The summed E-state index contributed by atoms with van der Waals surface area (Å²) >= 11 is 4.13. The van der Waals surface area contributed by atoms with Gasteiger partial charge in [0.1, 0.15) is 22.2 Å². The van der Waals surface area contributed by atoms with E-state index in [2.05, 4.69) is 15.5 Å². The molecule has 1 amide bonds. The second kappa shape index (κ2) is 10.3. The van der Waals surface area contributed by atoms with Gasteiger partial charge in [0.15, 0.2) is 5.16 Å². The first-order valence-corrected chi connectivity index (χ1v) is 12.5. The highest BCUT2D eigenvalue weighted by Gasteiger charge is 2.23. The normalized spacial score (nSPS) is 10.9. The number of nitrogens with one attached hydrogen (secondary N) is 1. The fraction of sp³-hybridized carbons (Fsp3) is 0.182. The largest absolute Gasteiger partial charge is 0.465 e. The van der Waals surface area contributed by atoms with Crippen LogP contribution in [0.1, 0.15) is 21.1 Å². The molecule has 0 atom stereocenters. The van der Waals surface area contributed by atoms with E-state index in [0.29, 0.717) is 27.7 Å². The fourth-order valence-corrected chi connectivity index (χ4v) is 5.49. The van der Waals surface area contributed by atoms with Gasteiger partial charge in [-0.1, -0.05) is 30.0 Å². The predicted molar refractivity (Wildman–Crippen MR) is 129 cm³/mol. The minimum Gasteiger partial charge on any atom is -0.465 e. The minimum atomic E-state index is -0.579. The molecule has 4 aromatic rings. The summed E-state index contributed by atoms with van der Waals surface area (Å²) < 4.78 is 20.1. The number of benzene rings is 1. The maximum Gasteiger partial charge on any atom is 0.341 e. The summed E-state index contributed by atoms with van der Waals surface area (Å²) in [4.78, 5) is 26.2. The SMILES string of the molecule is COC(=O)c1c(-c2ccc(F)cc2)csc1NC(=O)CSc1nnc(Cc2cccs2)n1C. The molecule has 0 aliphatic carbocycles. The van der Waals surface area contributed by atoms with E-state index < -0.39 is 5.97 Å². The Balaban J connectivity index is 1.45. The van der Waals surface area contributed by atoms with Gasteiger partial charge >= 0.3 is 5.97 Å². The smallest absolute Gasteiger partial charge is 0.341 e. The Labute approximate surface area is 201 Å². The number of methoxy groups -OCH3 is 1. The predicted octanol–water partition coefficient (Wildman–Crippen LogP) is 4.85. The Morgan fingerprint density at radius 3 is 2.67 bits per heavy atom. The van der Waals surface area contributed by atoms with Crippen LogP contribution in [-0.4, -0.2) is 39.5 Å². The Morgan fingerprint density at radius 1 is 1.18 bits per heavy atom. The van der Waals surface area contributed by atoms with Crippen molar-refractivity contribution >= 4 is 51.3 Å². The van der Waals surface area contributed by atoms with Crippen LogP contribution in [0.3, 0.4) is 0 Å². The summed E-state index contributed by atoms with van der Waals surface area (Å²) in [6, 6.07) is 9.82. The Morgan fingerprint density at radius 2 is 1.97 bits per heavy atom. The van der Waals surface area contributed by atoms with Crippen LogP contribution >= 0.6 is 34.4 Å². The van der Waals surface area contributed by atoms with Gasteiger partial charge in [-0.25, -0.2) is 9.18 Å². The van der Waals surface area contributed by atoms with Crippen LogP contribution in [0, 0.1) is 5.82 Å². The number of thioether (sulfide) groups is 1. The van der Waals surface area contributed by atoms with E-state index in [-0.39, 0.29) is 23.0 Å². The highest BCUT2D eigenvalue weighted by molar-refractivity contribution is 7.99. The fourth-order valence-electron chi connectivity index (χ4n) is 3.08. The molecular weight excluding hydrogens is 483 g/mol.